The van der Waals surface area contributed by atoms with Crippen molar-refractivity contribution in [3.05, 3.63) is 0 Å². The lowest BCUT2D eigenvalue weighted by molar-refractivity contribution is -0.109. The van der Waals surface area contributed by atoms with Crippen molar-refractivity contribution in [1.29, 1.82) is 0 Å². The summed E-state index contributed by atoms with van der Waals surface area (Å²) in [5, 5.41) is 8.71. The van der Waals surface area contributed by atoms with Gasteiger partial charge in [0.15, 0.2) is 0 Å². The van der Waals surface area contributed by atoms with E-state index in [0.29, 0.717) is 19.6 Å². The van der Waals surface area contributed by atoms with Crippen LogP contribution in [-0.4, -0.2) is 44.8 Å². The number of hydrogen-bond donors (Lipinski definition) is 3. The van der Waals surface area contributed by atoms with Crippen LogP contribution in [0.2, 0.25) is 0 Å². The summed E-state index contributed by atoms with van der Waals surface area (Å²) in [6.45, 7) is 3.03. The van der Waals surface area contributed by atoms with E-state index in [1.54, 1.807) is 0 Å². The van der Waals surface area contributed by atoms with Crippen LogP contribution < -0.4 is 16.0 Å². The predicted octanol–water partition coefficient (Wildman–Crippen LogP) is 0.381. The molecule has 1 rings (SSSR count). The van der Waals surface area contributed by atoms with Crippen molar-refractivity contribution in [1.82, 2.24) is 16.0 Å². The second-order valence-electron chi connectivity index (χ2n) is 4.44. The minimum Gasteiger partial charge on any atom is -0.450 e. The molecule has 0 spiro atoms. The van der Waals surface area contributed by atoms with E-state index in [-0.39, 0.29) is 12.1 Å². The van der Waals surface area contributed by atoms with E-state index >= 15 is 0 Å². The number of carbonyl (C=O) groups is 2. The number of amides is 2. The first-order chi connectivity index (χ1) is 8.83. The first kappa shape index (κ1) is 14.8. The molecular formula is C12H23N3O3. The Morgan fingerprint density at radius 2 is 2.06 bits per heavy atom. The molecule has 1 saturated heterocycles. The van der Waals surface area contributed by atoms with E-state index in [4.69, 9.17) is 4.74 Å². The van der Waals surface area contributed by atoms with Gasteiger partial charge in [0.2, 0.25) is 6.41 Å². The van der Waals surface area contributed by atoms with Gasteiger partial charge in [-0.1, -0.05) is 0 Å². The third-order valence-corrected chi connectivity index (χ3v) is 2.94. The minimum atomic E-state index is -0.312. The number of carbonyl (C=O) groups excluding carboxylic acids is 2. The van der Waals surface area contributed by atoms with Gasteiger partial charge in [-0.2, -0.15) is 0 Å². The lowest BCUT2D eigenvalue weighted by Crippen LogP contribution is -2.42. The summed E-state index contributed by atoms with van der Waals surface area (Å²) in [6.07, 6.45) is 5.01. The van der Waals surface area contributed by atoms with Crippen LogP contribution >= 0.6 is 0 Å². The summed E-state index contributed by atoms with van der Waals surface area (Å²) in [5.74, 6) is 0. The summed E-state index contributed by atoms with van der Waals surface area (Å²) in [7, 11) is 0. The van der Waals surface area contributed by atoms with E-state index in [0.717, 1.165) is 45.2 Å². The Labute approximate surface area is 108 Å². The maximum Gasteiger partial charge on any atom is 0.407 e. The molecule has 1 fully saturated rings. The third kappa shape index (κ3) is 7.11. The second kappa shape index (κ2) is 9.70. The molecule has 1 heterocycles. The van der Waals surface area contributed by atoms with Crippen molar-refractivity contribution in [2.75, 3.05) is 26.2 Å². The summed E-state index contributed by atoms with van der Waals surface area (Å²) in [4.78, 5) is 21.4. The summed E-state index contributed by atoms with van der Waals surface area (Å²) >= 11 is 0. The topological polar surface area (TPSA) is 79.5 Å². The molecule has 0 saturated carbocycles. The molecule has 6 heteroatoms. The predicted molar refractivity (Wildman–Crippen MR) is 68.3 cm³/mol. The molecule has 0 aliphatic carbocycles. The molecule has 0 aromatic carbocycles. The fraction of sp³-hybridized carbons (Fsp3) is 0.833. The Balaban J connectivity index is 1.91. The molecule has 0 atom stereocenters. The highest BCUT2D eigenvalue weighted by atomic mass is 16.5. The fourth-order valence-electron chi connectivity index (χ4n) is 1.90. The van der Waals surface area contributed by atoms with Gasteiger partial charge in [-0.15, -0.1) is 0 Å². The highest BCUT2D eigenvalue weighted by Crippen LogP contribution is 2.02. The standard InChI is InChI=1S/C12H23N3O3/c16-10-14-6-2-1-3-9-18-12(17)15-11-4-7-13-8-5-11/h10-11,13H,1-9H2,(H,14,16)(H,15,17). The van der Waals surface area contributed by atoms with Crippen LogP contribution in [0.5, 0.6) is 0 Å². The van der Waals surface area contributed by atoms with Crippen molar-refractivity contribution < 1.29 is 14.3 Å². The molecule has 0 radical (unpaired) electrons. The SMILES string of the molecule is O=CNCCCCCOC(=O)NC1CCNCC1. The van der Waals surface area contributed by atoms with Gasteiger partial charge >= 0.3 is 6.09 Å². The van der Waals surface area contributed by atoms with Gasteiger partial charge in [-0.25, -0.2) is 4.79 Å². The zero-order valence-corrected chi connectivity index (χ0v) is 10.7. The number of piperidine rings is 1. The second-order valence-corrected chi connectivity index (χ2v) is 4.44. The Morgan fingerprint density at radius 1 is 1.28 bits per heavy atom. The van der Waals surface area contributed by atoms with Crippen LogP contribution in [0.3, 0.4) is 0 Å². The lowest BCUT2D eigenvalue weighted by atomic mass is 10.1. The summed E-state index contributed by atoms with van der Waals surface area (Å²) < 4.78 is 5.09. The van der Waals surface area contributed by atoms with Crippen LogP contribution in [-0.2, 0) is 9.53 Å². The van der Waals surface area contributed by atoms with E-state index in [1.807, 2.05) is 0 Å². The molecule has 2 amide bonds. The molecule has 0 aromatic rings. The zero-order valence-electron chi connectivity index (χ0n) is 10.7. The van der Waals surface area contributed by atoms with Crippen molar-refractivity contribution in [3.63, 3.8) is 0 Å². The first-order valence-electron chi connectivity index (χ1n) is 6.64. The molecule has 0 unspecified atom stereocenters. The van der Waals surface area contributed by atoms with Gasteiger partial charge in [0.25, 0.3) is 0 Å². The van der Waals surface area contributed by atoms with E-state index in [1.165, 1.54) is 0 Å². The summed E-state index contributed by atoms with van der Waals surface area (Å²) in [6, 6.07) is 0.246. The van der Waals surface area contributed by atoms with Crippen molar-refractivity contribution in [2.45, 2.75) is 38.1 Å². The maximum atomic E-state index is 11.4. The third-order valence-electron chi connectivity index (χ3n) is 2.94. The fourth-order valence-corrected chi connectivity index (χ4v) is 1.90. The Morgan fingerprint density at radius 3 is 2.78 bits per heavy atom. The highest BCUT2D eigenvalue weighted by Gasteiger charge is 2.15. The van der Waals surface area contributed by atoms with Crippen LogP contribution in [0.1, 0.15) is 32.1 Å². The zero-order chi connectivity index (χ0) is 13.1. The normalized spacial score (nSPS) is 16.0. The molecule has 3 N–H and O–H groups in total. The molecule has 1 aliphatic heterocycles. The molecule has 104 valence electrons. The van der Waals surface area contributed by atoms with Crippen LogP contribution in [0, 0.1) is 0 Å². The smallest absolute Gasteiger partial charge is 0.407 e. The van der Waals surface area contributed by atoms with Crippen LogP contribution in [0.4, 0.5) is 4.79 Å². The Bertz CT molecular complexity index is 243. The minimum absolute atomic E-state index is 0.246. The van der Waals surface area contributed by atoms with Gasteiger partial charge in [0.1, 0.15) is 0 Å². The number of hydrogen-bond acceptors (Lipinski definition) is 4. The van der Waals surface area contributed by atoms with Gasteiger partial charge < -0.3 is 20.7 Å². The number of nitrogens with one attached hydrogen (secondary N) is 3. The molecule has 6 nitrogen and oxygen atoms in total. The quantitative estimate of drug-likeness (QED) is 0.434. The first-order valence-corrected chi connectivity index (χ1v) is 6.64. The lowest BCUT2D eigenvalue weighted by Gasteiger charge is -2.23. The summed E-state index contributed by atoms with van der Waals surface area (Å²) in [5.41, 5.74) is 0. The highest BCUT2D eigenvalue weighted by molar-refractivity contribution is 5.67. The molecule has 1 aliphatic rings. The van der Waals surface area contributed by atoms with Gasteiger partial charge in [0.05, 0.1) is 6.61 Å². The van der Waals surface area contributed by atoms with Crippen molar-refractivity contribution >= 4 is 12.5 Å². The van der Waals surface area contributed by atoms with Crippen molar-refractivity contribution in [3.8, 4) is 0 Å². The van der Waals surface area contributed by atoms with Crippen molar-refractivity contribution in [2.24, 2.45) is 0 Å². The average Bonchev–Trinajstić information content (AvgIpc) is 2.39. The molecule has 18 heavy (non-hydrogen) atoms. The van der Waals surface area contributed by atoms with Gasteiger partial charge in [-0.05, 0) is 45.2 Å². The molecule has 0 aromatic heterocycles. The van der Waals surface area contributed by atoms with Crippen LogP contribution in [0.15, 0.2) is 0 Å². The number of ether oxygens (including phenoxy) is 1. The number of alkyl carbamates (subject to hydrolysis) is 1. The van der Waals surface area contributed by atoms with Gasteiger partial charge in [-0.3, -0.25) is 4.79 Å². The van der Waals surface area contributed by atoms with Crippen LogP contribution in [0.25, 0.3) is 0 Å². The molecular weight excluding hydrogens is 234 g/mol. The number of unbranched alkanes of at least 4 members (excludes halogenated alkanes) is 2. The monoisotopic (exact) mass is 257 g/mol. The van der Waals surface area contributed by atoms with E-state index < -0.39 is 0 Å². The largest absolute Gasteiger partial charge is 0.450 e. The Kier molecular flexibility index (Phi) is 7.96. The maximum absolute atomic E-state index is 11.4. The molecule has 0 bridgehead atoms. The average molecular weight is 257 g/mol. The van der Waals surface area contributed by atoms with Gasteiger partial charge in [0, 0.05) is 12.6 Å². The number of rotatable bonds is 8. The Hall–Kier alpha value is -1.30. The van der Waals surface area contributed by atoms with E-state index in [9.17, 15) is 9.59 Å². The van der Waals surface area contributed by atoms with E-state index in [2.05, 4.69) is 16.0 Å².